The lowest BCUT2D eigenvalue weighted by atomic mass is 10.0. The highest BCUT2D eigenvalue weighted by atomic mass is 16.7. The van der Waals surface area contributed by atoms with Crippen LogP contribution in [0.1, 0.15) is 12.8 Å². The number of carbonyl (C=O) groups excluding carboxylic acids is 2. The number of aromatic hydroxyl groups is 2. The molecule has 13 heteroatoms. The molecule has 2 aliphatic heterocycles. The lowest BCUT2D eigenvalue weighted by molar-refractivity contribution is -0.146. The minimum Gasteiger partial charge on any atom is -0.492 e. The van der Waals surface area contributed by atoms with Crippen molar-refractivity contribution in [1.29, 1.82) is 0 Å². The van der Waals surface area contributed by atoms with Crippen LogP contribution in [0.2, 0.25) is 0 Å². The molecule has 1 aromatic rings. The van der Waals surface area contributed by atoms with Gasteiger partial charge in [0.2, 0.25) is 11.8 Å². The third-order valence-corrected chi connectivity index (χ3v) is 6.39. The Balaban J connectivity index is 1.66. The van der Waals surface area contributed by atoms with Crippen LogP contribution in [0.5, 0.6) is 11.8 Å². The summed E-state index contributed by atoms with van der Waals surface area (Å²) in [7, 11) is 0. The molecule has 196 valence electrons. The number of hydrogen-bond acceptors (Lipinski definition) is 11. The number of carboxylic acids is 1. The zero-order valence-corrected chi connectivity index (χ0v) is 19.8. The van der Waals surface area contributed by atoms with Gasteiger partial charge in [0.1, 0.15) is 6.73 Å². The highest BCUT2D eigenvalue weighted by Crippen LogP contribution is 2.20. The van der Waals surface area contributed by atoms with Crippen molar-refractivity contribution in [3.8, 4) is 11.8 Å². The van der Waals surface area contributed by atoms with Gasteiger partial charge in [-0.25, -0.2) is 4.79 Å². The van der Waals surface area contributed by atoms with E-state index in [1.807, 2.05) is 4.90 Å². The van der Waals surface area contributed by atoms with Crippen molar-refractivity contribution in [3.05, 3.63) is 12.1 Å². The molecule has 0 amide bonds. The Bertz CT molecular complexity index is 808. The van der Waals surface area contributed by atoms with Crippen LogP contribution < -0.4 is 4.84 Å². The van der Waals surface area contributed by atoms with Gasteiger partial charge < -0.3 is 34.7 Å². The molecular weight excluding hydrogens is 462 g/mol. The molecule has 3 N–H and O–H groups in total. The summed E-state index contributed by atoms with van der Waals surface area (Å²) >= 11 is 0. The number of aromatic nitrogens is 1. The fraction of sp³-hybridized carbons (Fsp3) is 0.682. The topological polar surface area (TPSA) is 148 Å². The van der Waals surface area contributed by atoms with E-state index in [-0.39, 0.29) is 37.4 Å². The van der Waals surface area contributed by atoms with Gasteiger partial charge in [-0.2, -0.15) is 0 Å². The van der Waals surface area contributed by atoms with E-state index >= 15 is 0 Å². The molecule has 35 heavy (non-hydrogen) atoms. The Morgan fingerprint density at radius 3 is 1.97 bits per heavy atom. The minimum atomic E-state index is -0.847. The monoisotopic (exact) mass is 497 g/mol. The predicted octanol–water partition coefficient (Wildman–Crippen LogP) is -1.30. The summed E-state index contributed by atoms with van der Waals surface area (Å²) in [6.07, 6.45) is 0.680. The van der Waals surface area contributed by atoms with Crippen molar-refractivity contribution < 1.29 is 39.3 Å². The Morgan fingerprint density at radius 1 is 0.914 bits per heavy atom. The van der Waals surface area contributed by atoms with Crippen LogP contribution in [0.15, 0.2) is 12.1 Å². The molecule has 2 saturated heterocycles. The zero-order valence-electron chi connectivity index (χ0n) is 19.8. The second-order valence-corrected chi connectivity index (χ2v) is 8.99. The molecule has 0 spiro atoms. The number of ether oxygens (including phenoxy) is 1. The summed E-state index contributed by atoms with van der Waals surface area (Å²) in [6.45, 7) is 7.53. The third-order valence-electron chi connectivity index (χ3n) is 6.39. The SMILES string of the molecule is O=COCN1CCN2CCN(CC(=O)O)CCN(CC1)CC(CCC(=O)On1c(O)ccc1O)C2. The third kappa shape index (κ3) is 8.69. The average molecular weight is 498 g/mol. The van der Waals surface area contributed by atoms with Crippen LogP contribution in [0.3, 0.4) is 0 Å². The van der Waals surface area contributed by atoms with Gasteiger partial charge in [0.05, 0.1) is 6.54 Å². The van der Waals surface area contributed by atoms with Crippen LogP contribution in [-0.4, -0.2) is 137 Å². The number of carbonyl (C=O) groups is 3. The smallest absolute Gasteiger partial charge is 0.333 e. The van der Waals surface area contributed by atoms with Crippen LogP contribution >= 0.6 is 0 Å². The number of aliphatic carboxylic acids is 1. The second kappa shape index (κ2) is 13.3. The van der Waals surface area contributed by atoms with Gasteiger partial charge in [0.25, 0.3) is 6.47 Å². The normalized spacial score (nSPS) is 24.6. The second-order valence-electron chi connectivity index (χ2n) is 8.99. The largest absolute Gasteiger partial charge is 0.492 e. The molecule has 1 aromatic heterocycles. The first-order valence-corrected chi connectivity index (χ1v) is 11.8. The van der Waals surface area contributed by atoms with Crippen LogP contribution in [0, 0.1) is 5.92 Å². The van der Waals surface area contributed by atoms with Crippen molar-refractivity contribution in [3.63, 3.8) is 0 Å². The van der Waals surface area contributed by atoms with Crippen molar-refractivity contribution in [1.82, 2.24) is 24.3 Å². The maximum absolute atomic E-state index is 12.4. The number of carboxylic acid groups (broad SMARTS) is 1. The van der Waals surface area contributed by atoms with Gasteiger partial charge in [-0.1, -0.05) is 0 Å². The Kier molecular flexibility index (Phi) is 10.1. The van der Waals surface area contributed by atoms with Gasteiger partial charge in [-0.05, 0) is 12.3 Å². The first-order valence-electron chi connectivity index (χ1n) is 11.8. The van der Waals surface area contributed by atoms with Gasteiger partial charge in [0.15, 0.2) is 0 Å². The molecule has 0 saturated carbocycles. The molecule has 13 nitrogen and oxygen atoms in total. The predicted molar refractivity (Wildman–Crippen MR) is 123 cm³/mol. The van der Waals surface area contributed by atoms with E-state index in [1.54, 1.807) is 0 Å². The molecule has 0 aromatic carbocycles. The summed E-state index contributed by atoms with van der Waals surface area (Å²) < 4.78 is 5.67. The van der Waals surface area contributed by atoms with E-state index in [2.05, 4.69) is 14.7 Å². The summed E-state index contributed by atoms with van der Waals surface area (Å²) in [6, 6.07) is 2.46. The minimum absolute atomic E-state index is 0.00463. The maximum atomic E-state index is 12.4. The molecule has 2 fully saturated rings. The molecule has 3 heterocycles. The van der Waals surface area contributed by atoms with Gasteiger partial charge in [-0.15, -0.1) is 4.73 Å². The van der Waals surface area contributed by atoms with E-state index in [1.165, 1.54) is 12.1 Å². The van der Waals surface area contributed by atoms with Gasteiger partial charge >= 0.3 is 11.9 Å². The van der Waals surface area contributed by atoms with E-state index in [9.17, 15) is 29.7 Å². The van der Waals surface area contributed by atoms with Crippen molar-refractivity contribution in [2.24, 2.45) is 5.92 Å². The van der Waals surface area contributed by atoms with Crippen LogP contribution in [0.25, 0.3) is 0 Å². The maximum Gasteiger partial charge on any atom is 0.333 e. The molecule has 2 atom stereocenters. The van der Waals surface area contributed by atoms with Crippen LogP contribution in [-0.2, 0) is 19.1 Å². The summed E-state index contributed by atoms with van der Waals surface area (Å²) in [5.41, 5.74) is 0. The zero-order chi connectivity index (χ0) is 25.2. The molecular formula is C22H35N5O8. The first-order chi connectivity index (χ1) is 16.8. The lowest BCUT2D eigenvalue weighted by Crippen LogP contribution is -2.51. The quantitative estimate of drug-likeness (QED) is 0.348. The molecule has 2 unspecified atom stereocenters. The van der Waals surface area contributed by atoms with Crippen molar-refractivity contribution in [2.45, 2.75) is 12.8 Å². The molecule has 2 bridgehead atoms. The standard InChI is InChI=1S/C22H35N5O8/c28-17-34-16-26-11-9-23-5-7-25(15-21(31)32)8-6-24(10-12-26)14-18(13-23)1-4-22(33)35-27-19(29)2-3-20(27)30/h2-3,17-18,29-30H,1,4-16H2,(H,31,32). The number of rotatable bonds is 9. The molecule has 3 rings (SSSR count). The number of nitrogens with zero attached hydrogens (tertiary/aromatic N) is 5. The Hall–Kier alpha value is -2.87. The van der Waals surface area contributed by atoms with Gasteiger partial charge in [0, 0.05) is 84.0 Å². The highest BCUT2D eigenvalue weighted by Gasteiger charge is 2.25. The van der Waals surface area contributed by atoms with E-state index in [4.69, 9.17) is 9.57 Å². The van der Waals surface area contributed by atoms with Crippen molar-refractivity contribution >= 4 is 18.4 Å². The molecule has 0 radical (unpaired) electrons. The molecule has 2 aliphatic rings. The fourth-order valence-corrected chi connectivity index (χ4v) is 4.49. The average Bonchev–Trinajstić information content (AvgIpc) is 3.13. The van der Waals surface area contributed by atoms with E-state index in [0.717, 1.165) is 13.1 Å². The number of fused-ring (bicyclic) bond motifs is 4. The first kappa shape index (κ1) is 26.7. The summed E-state index contributed by atoms with van der Waals surface area (Å²) in [4.78, 5) is 48.0. The number of hydrogen-bond donors (Lipinski definition) is 3. The van der Waals surface area contributed by atoms with Crippen molar-refractivity contribution in [2.75, 3.05) is 78.7 Å². The summed E-state index contributed by atoms with van der Waals surface area (Å²) in [5, 5.41) is 28.6. The lowest BCUT2D eigenvalue weighted by Gasteiger charge is -2.39. The van der Waals surface area contributed by atoms with Crippen LogP contribution in [0.4, 0.5) is 0 Å². The summed E-state index contributed by atoms with van der Waals surface area (Å²) in [5.74, 6) is -1.95. The highest BCUT2D eigenvalue weighted by molar-refractivity contribution is 5.70. The van der Waals surface area contributed by atoms with Gasteiger partial charge in [-0.3, -0.25) is 19.4 Å². The van der Waals surface area contributed by atoms with E-state index in [0.29, 0.717) is 70.0 Å². The van der Waals surface area contributed by atoms with E-state index < -0.39 is 11.9 Å². The molecule has 0 aliphatic carbocycles. The Morgan fingerprint density at radius 2 is 1.46 bits per heavy atom. The fourth-order valence-electron chi connectivity index (χ4n) is 4.49. The Labute approximate surface area is 203 Å².